The molecule has 1 aromatic heterocycles. The Kier molecular flexibility index (Phi) is 3.91. The molecule has 0 atom stereocenters. The zero-order valence-corrected chi connectivity index (χ0v) is 12.5. The maximum absolute atomic E-state index is 12.4. The number of halogens is 2. The molecule has 1 heterocycles. The molecule has 0 aliphatic carbocycles. The number of fused-ring (bicyclic) bond motifs is 1. The minimum atomic E-state index is 0.0409. The SMILES string of the molecule is O=C(Cc1ccc(Cl)c(Cl)c1)c1ccc2ncccc2c1. The smallest absolute Gasteiger partial charge is 0.167 e. The molecule has 2 aromatic carbocycles. The molecule has 0 amide bonds. The van der Waals surface area contributed by atoms with Crippen LogP contribution in [0.3, 0.4) is 0 Å². The number of nitrogens with zero attached hydrogens (tertiary/aromatic N) is 1. The zero-order chi connectivity index (χ0) is 14.8. The van der Waals surface area contributed by atoms with Crippen molar-refractivity contribution in [3.05, 3.63) is 75.9 Å². The van der Waals surface area contributed by atoms with E-state index in [9.17, 15) is 4.79 Å². The van der Waals surface area contributed by atoms with Crippen LogP contribution in [0.5, 0.6) is 0 Å². The van der Waals surface area contributed by atoms with Gasteiger partial charge in [-0.3, -0.25) is 9.78 Å². The number of carbonyl (C=O) groups excluding carboxylic acids is 1. The standard InChI is InChI=1S/C17H11Cl2NO/c18-14-5-3-11(8-15(14)19)9-17(21)13-4-6-16-12(10-13)2-1-7-20-16/h1-8,10H,9H2. The average Bonchev–Trinajstić information content (AvgIpc) is 2.50. The fraction of sp³-hybridized carbons (Fsp3) is 0.0588. The minimum Gasteiger partial charge on any atom is -0.294 e. The quantitative estimate of drug-likeness (QED) is 0.639. The molecule has 21 heavy (non-hydrogen) atoms. The highest BCUT2D eigenvalue weighted by Crippen LogP contribution is 2.23. The predicted molar refractivity (Wildman–Crippen MR) is 86.2 cm³/mol. The fourth-order valence-electron chi connectivity index (χ4n) is 2.19. The van der Waals surface area contributed by atoms with Crippen LogP contribution in [0.2, 0.25) is 10.0 Å². The summed E-state index contributed by atoms with van der Waals surface area (Å²) in [6.45, 7) is 0. The lowest BCUT2D eigenvalue weighted by molar-refractivity contribution is 0.0993. The lowest BCUT2D eigenvalue weighted by Gasteiger charge is -2.04. The van der Waals surface area contributed by atoms with Gasteiger partial charge in [0, 0.05) is 23.6 Å². The van der Waals surface area contributed by atoms with Crippen molar-refractivity contribution in [3.63, 3.8) is 0 Å². The lowest BCUT2D eigenvalue weighted by atomic mass is 10.0. The Hall–Kier alpha value is -1.90. The number of benzene rings is 2. The van der Waals surface area contributed by atoms with E-state index in [1.165, 1.54) is 0 Å². The number of pyridine rings is 1. The molecular weight excluding hydrogens is 305 g/mol. The van der Waals surface area contributed by atoms with Gasteiger partial charge in [-0.2, -0.15) is 0 Å². The van der Waals surface area contributed by atoms with Crippen LogP contribution in [0.4, 0.5) is 0 Å². The van der Waals surface area contributed by atoms with E-state index in [2.05, 4.69) is 4.98 Å². The van der Waals surface area contributed by atoms with Crippen molar-refractivity contribution in [2.24, 2.45) is 0 Å². The van der Waals surface area contributed by atoms with E-state index >= 15 is 0 Å². The van der Waals surface area contributed by atoms with Crippen molar-refractivity contribution in [2.45, 2.75) is 6.42 Å². The Labute approximate surface area is 132 Å². The number of hydrogen-bond donors (Lipinski definition) is 0. The maximum Gasteiger partial charge on any atom is 0.167 e. The van der Waals surface area contributed by atoms with Crippen molar-refractivity contribution in [1.82, 2.24) is 4.98 Å². The predicted octanol–water partition coefficient (Wildman–Crippen LogP) is 4.97. The van der Waals surface area contributed by atoms with Gasteiger partial charge in [0.2, 0.25) is 0 Å². The van der Waals surface area contributed by atoms with Gasteiger partial charge in [0.1, 0.15) is 0 Å². The van der Waals surface area contributed by atoms with Gasteiger partial charge in [-0.15, -0.1) is 0 Å². The number of Topliss-reactive ketones (excluding diaryl/α,β-unsaturated/α-hetero) is 1. The third-order valence-electron chi connectivity index (χ3n) is 3.27. The summed E-state index contributed by atoms with van der Waals surface area (Å²) in [7, 11) is 0. The van der Waals surface area contributed by atoms with Crippen molar-refractivity contribution in [2.75, 3.05) is 0 Å². The zero-order valence-electron chi connectivity index (χ0n) is 11.0. The monoisotopic (exact) mass is 315 g/mol. The highest BCUT2D eigenvalue weighted by molar-refractivity contribution is 6.42. The molecule has 3 rings (SSSR count). The second kappa shape index (κ2) is 5.84. The summed E-state index contributed by atoms with van der Waals surface area (Å²) >= 11 is 11.8. The average molecular weight is 316 g/mol. The van der Waals surface area contributed by atoms with Gasteiger partial charge in [0.25, 0.3) is 0 Å². The van der Waals surface area contributed by atoms with Gasteiger partial charge in [-0.1, -0.05) is 35.3 Å². The minimum absolute atomic E-state index is 0.0409. The highest BCUT2D eigenvalue weighted by atomic mass is 35.5. The summed E-state index contributed by atoms with van der Waals surface area (Å²) in [5.74, 6) is 0.0409. The van der Waals surface area contributed by atoms with Crippen molar-refractivity contribution in [1.29, 1.82) is 0 Å². The fourth-order valence-corrected chi connectivity index (χ4v) is 2.51. The third kappa shape index (κ3) is 3.07. The van der Waals surface area contributed by atoms with E-state index < -0.39 is 0 Å². The third-order valence-corrected chi connectivity index (χ3v) is 4.01. The van der Waals surface area contributed by atoms with Crippen molar-refractivity contribution < 1.29 is 4.79 Å². The maximum atomic E-state index is 12.4. The van der Waals surface area contributed by atoms with Gasteiger partial charge >= 0.3 is 0 Å². The van der Waals surface area contributed by atoms with Crippen LogP contribution in [0.25, 0.3) is 10.9 Å². The summed E-state index contributed by atoms with van der Waals surface area (Å²) in [5, 5.41) is 1.91. The van der Waals surface area contributed by atoms with E-state index in [1.54, 1.807) is 24.4 Å². The molecule has 0 spiro atoms. The Morgan fingerprint density at radius 3 is 2.67 bits per heavy atom. The molecule has 4 heteroatoms. The molecule has 0 saturated carbocycles. The van der Waals surface area contributed by atoms with Crippen LogP contribution in [-0.4, -0.2) is 10.8 Å². The Balaban J connectivity index is 1.87. The second-order valence-electron chi connectivity index (χ2n) is 4.76. The lowest BCUT2D eigenvalue weighted by Crippen LogP contribution is -2.03. The number of ketones is 1. The van der Waals surface area contributed by atoms with Gasteiger partial charge in [0.15, 0.2) is 5.78 Å². The Morgan fingerprint density at radius 1 is 1.00 bits per heavy atom. The van der Waals surface area contributed by atoms with Gasteiger partial charge in [0.05, 0.1) is 15.6 Å². The molecule has 0 bridgehead atoms. The van der Waals surface area contributed by atoms with Crippen LogP contribution < -0.4 is 0 Å². The molecule has 0 aliphatic heterocycles. The van der Waals surface area contributed by atoms with E-state index in [-0.39, 0.29) is 5.78 Å². The first-order chi connectivity index (χ1) is 10.1. The number of carbonyl (C=O) groups is 1. The molecule has 3 aromatic rings. The molecule has 0 fully saturated rings. The summed E-state index contributed by atoms with van der Waals surface area (Å²) in [6.07, 6.45) is 2.03. The van der Waals surface area contributed by atoms with Crippen molar-refractivity contribution >= 4 is 39.9 Å². The normalized spacial score (nSPS) is 10.8. The molecular formula is C17H11Cl2NO. The number of hydrogen-bond acceptors (Lipinski definition) is 2. The molecule has 0 N–H and O–H groups in total. The van der Waals surface area contributed by atoms with Gasteiger partial charge < -0.3 is 0 Å². The topological polar surface area (TPSA) is 30.0 Å². The number of aromatic nitrogens is 1. The van der Waals surface area contributed by atoms with E-state index in [4.69, 9.17) is 23.2 Å². The second-order valence-corrected chi connectivity index (χ2v) is 5.57. The molecule has 0 radical (unpaired) electrons. The summed E-state index contributed by atoms with van der Waals surface area (Å²) in [5.41, 5.74) is 2.39. The van der Waals surface area contributed by atoms with Crippen LogP contribution in [0, 0.1) is 0 Å². The van der Waals surface area contributed by atoms with E-state index in [0.717, 1.165) is 16.5 Å². The summed E-state index contributed by atoms with van der Waals surface area (Å²) in [4.78, 5) is 16.6. The molecule has 104 valence electrons. The largest absolute Gasteiger partial charge is 0.294 e. The van der Waals surface area contributed by atoms with Gasteiger partial charge in [-0.25, -0.2) is 0 Å². The first kappa shape index (κ1) is 14.1. The molecule has 0 unspecified atom stereocenters. The van der Waals surface area contributed by atoms with Crippen LogP contribution in [-0.2, 0) is 6.42 Å². The highest BCUT2D eigenvalue weighted by Gasteiger charge is 2.09. The number of rotatable bonds is 3. The molecule has 0 saturated heterocycles. The van der Waals surface area contributed by atoms with Crippen molar-refractivity contribution in [3.8, 4) is 0 Å². The van der Waals surface area contributed by atoms with Crippen LogP contribution in [0.15, 0.2) is 54.7 Å². The van der Waals surface area contributed by atoms with Gasteiger partial charge in [-0.05, 0) is 42.0 Å². The van der Waals surface area contributed by atoms with E-state index in [0.29, 0.717) is 22.0 Å². The van der Waals surface area contributed by atoms with E-state index in [1.807, 2.05) is 30.3 Å². The first-order valence-corrected chi connectivity index (χ1v) is 7.21. The molecule has 2 nitrogen and oxygen atoms in total. The molecule has 0 aliphatic rings. The summed E-state index contributed by atoms with van der Waals surface area (Å²) in [6, 6.07) is 14.6. The Bertz CT molecular complexity index is 830. The van der Waals surface area contributed by atoms with Crippen LogP contribution in [0.1, 0.15) is 15.9 Å². The Morgan fingerprint density at radius 2 is 1.86 bits per heavy atom. The summed E-state index contributed by atoms with van der Waals surface area (Å²) < 4.78 is 0. The first-order valence-electron chi connectivity index (χ1n) is 6.45. The van der Waals surface area contributed by atoms with Crippen LogP contribution >= 0.6 is 23.2 Å².